The van der Waals surface area contributed by atoms with Crippen LogP contribution in [0.4, 0.5) is 10.5 Å². The highest BCUT2D eigenvalue weighted by atomic mass is 79.9. The predicted octanol–water partition coefficient (Wildman–Crippen LogP) is 2.30. The zero-order valence-corrected chi connectivity index (χ0v) is 11.2. The fourth-order valence-corrected chi connectivity index (χ4v) is 1.52. The van der Waals surface area contributed by atoms with Crippen molar-refractivity contribution < 1.29 is 19.4 Å². The van der Waals surface area contributed by atoms with E-state index in [2.05, 4.69) is 27.5 Å². The summed E-state index contributed by atoms with van der Waals surface area (Å²) in [5, 5.41) is 9.05. The minimum Gasteiger partial charge on any atom is -0.478 e. The molecule has 1 rings (SSSR count). The molecule has 96 valence electrons. The Hall–Kier alpha value is -1.89. The van der Waals surface area contributed by atoms with Gasteiger partial charge in [0, 0.05) is 7.05 Å². The third-order valence-corrected chi connectivity index (χ3v) is 2.47. The Morgan fingerprint density at radius 3 is 2.89 bits per heavy atom. The van der Waals surface area contributed by atoms with Gasteiger partial charge in [0.2, 0.25) is 0 Å². The second-order valence-electron chi connectivity index (χ2n) is 3.25. The number of rotatable bonds is 4. The fourth-order valence-electron chi connectivity index (χ4n) is 1.19. The summed E-state index contributed by atoms with van der Waals surface area (Å²) in [6, 6.07) is 1.31. The molecular weight excluding hydrogens is 304 g/mol. The number of anilines is 1. The minimum atomic E-state index is -1.16. The molecule has 1 N–H and O–H groups in total. The molecule has 0 spiro atoms. The number of halogens is 1. The van der Waals surface area contributed by atoms with Gasteiger partial charge in [0.1, 0.15) is 11.2 Å². The van der Waals surface area contributed by atoms with E-state index >= 15 is 0 Å². The number of ether oxygens (including phenoxy) is 1. The van der Waals surface area contributed by atoms with Crippen LogP contribution in [-0.4, -0.2) is 35.8 Å². The number of nitrogens with zero attached hydrogens (tertiary/aromatic N) is 2. The molecule has 6 nitrogen and oxygen atoms in total. The van der Waals surface area contributed by atoms with E-state index in [1.165, 1.54) is 25.4 Å². The summed E-state index contributed by atoms with van der Waals surface area (Å²) in [5.74, 6) is -1.16. The van der Waals surface area contributed by atoms with Crippen LogP contribution in [0.5, 0.6) is 0 Å². The molecule has 0 bridgehead atoms. The fraction of sp³-hybridized carbons (Fsp3) is 0.182. The van der Waals surface area contributed by atoms with Crippen molar-refractivity contribution in [3.05, 3.63) is 35.1 Å². The van der Waals surface area contributed by atoms with Crippen molar-refractivity contribution in [2.24, 2.45) is 0 Å². The van der Waals surface area contributed by atoms with Gasteiger partial charge in [0.25, 0.3) is 0 Å². The van der Waals surface area contributed by atoms with Crippen LogP contribution in [0.1, 0.15) is 10.4 Å². The summed E-state index contributed by atoms with van der Waals surface area (Å²) >= 11 is 3.07. The normalized spacial score (nSPS) is 9.67. The van der Waals surface area contributed by atoms with Crippen LogP contribution in [0, 0.1) is 0 Å². The molecule has 0 aromatic carbocycles. The molecule has 0 aliphatic rings. The lowest BCUT2D eigenvalue weighted by Gasteiger charge is -2.18. The Kier molecular flexibility index (Phi) is 4.85. The van der Waals surface area contributed by atoms with Gasteiger partial charge in [-0.3, -0.25) is 4.90 Å². The molecule has 18 heavy (non-hydrogen) atoms. The van der Waals surface area contributed by atoms with Crippen LogP contribution in [-0.2, 0) is 4.74 Å². The zero-order valence-electron chi connectivity index (χ0n) is 9.59. The average molecular weight is 315 g/mol. The lowest BCUT2D eigenvalue weighted by atomic mass is 10.2. The number of aromatic carboxylic acids is 1. The van der Waals surface area contributed by atoms with Crippen LogP contribution < -0.4 is 4.90 Å². The van der Waals surface area contributed by atoms with E-state index in [1.807, 2.05) is 0 Å². The maximum absolute atomic E-state index is 11.6. The van der Waals surface area contributed by atoms with E-state index in [1.54, 1.807) is 0 Å². The van der Waals surface area contributed by atoms with Crippen LogP contribution >= 0.6 is 15.9 Å². The number of aromatic nitrogens is 1. The maximum Gasteiger partial charge on any atom is 0.414 e. The Balaban J connectivity index is 3.04. The first kappa shape index (κ1) is 14.2. The van der Waals surface area contributed by atoms with Crippen molar-refractivity contribution in [1.29, 1.82) is 0 Å². The number of pyridine rings is 1. The van der Waals surface area contributed by atoms with E-state index in [-0.39, 0.29) is 17.9 Å². The van der Waals surface area contributed by atoms with Gasteiger partial charge in [-0.2, -0.15) is 0 Å². The predicted molar refractivity (Wildman–Crippen MR) is 68.8 cm³/mol. The van der Waals surface area contributed by atoms with Crippen LogP contribution in [0.15, 0.2) is 29.5 Å². The van der Waals surface area contributed by atoms with E-state index < -0.39 is 12.1 Å². The number of carboxylic acid groups (broad SMARTS) is 1. The Bertz CT molecular complexity index is 490. The van der Waals surface area contributed by atoms with Gasteiger partial charge in [-0.05, 0) is 22.0 Å². The SMILES string of the molecule is C=CCOC(=O)N(C)c1cnc(Br)cc1C(=O)O. The molecule has 7 heteroatoms. The summed E-state index contributed by atoms with van der Waals surface area (Å²) < 4.78 is 5.18. The topological polar surface area (TPSA) is 79.7 Å². The van der Waals surface area contributed by atoms with Crippen molar-refractivity contribution in [2.75, 3.05) is 18.6 Å². The Morgan fingerprint density at radius 2 is 2.33 bits per heavy atom. The number of hydrogen-bond acceptors (Lipinski definition) is 4. The molecule has 0 radical (unpaired) electrons. The van der Waals surface area contributed by atoms with E-state index in [9.17, 15) is 9.59 Å². The number of carbonyl (C=O) groups excluding carboxylic acids is 1. The Morgan fingerprint density at radius 1 is 1.67 bits per heavy atom. The molecular formula is C11H11BrN2O4. The second-order valence-corrected chi connectivity index (χ2v) is 4.07. The summed E-state index contributed by atoms with van der Waals surface area (Å²) in [7, 11) is 1.41. The molecule has 0 atom stereocenters. The monoisotopic (exact) mass is 314 g/mol. The second kappa shape index (κ2) is 6.15. The number of hydrogen-bond donors (Lipinski definition) is 1. The molecule has 0 aliphatic heterocycles. The molecule has 0 fully saturated rings. The summed E-state index contributed by atoms with van der Waals surface area (Å²) in [6.45, 7) is 3.46. The first-order chi connectivity index (χ1) is 8.47. The summed E-state index contributed by atoms with van der Waals surface area (Å²) in [5.41, 5.74) is 0.106. The van der Waals surface area contributed by atoms with Crippen LogP contribution in [0.2, 0.25) is 0 Å². The van der Waals surface area contributed by atoms with Gasteiger partial charge >= 0.3 is 12.1 Å². The van der Waals surface area contributed by atoms with Crippen molar-refractivity contribution in [2.45, 2.75) is 0 Å². The quantitative estimate of drug-likeness (QED) is 0.681. The molecule has 1 aromatic heterocycles. The standard InChI is InChI=1S/C11H11BrN2O4/c1-3-4-18-11(17)14(2)8-6-13-9(12)5-7(8)10(15)16/h3,5-6H,1,4H2,2H3,(H,15,16). The van der Waals surface area contributed by atoms with Crippen LogP contribution in [0.3, 0.4) is 0 Å². The van der Waals surface area contributed by atoms with E-state index in [0.29, 0.717) is 4.60 Å². The first-order valence-corrected chi connectivity index (χ1v) is 5.67. The third kappa shape index (κ3) is 3.30. The molecule has 0 saturated heterocycles. The molecule has 0 aliphatic carbocycles. The van der Waals surface area contributed by atoms with Gasteiger partial charge in [0.15, 0.2) is 0 Å². The maximum atomic E-state index is 11.6. The largest absolute Gasteiger partial charge is 0.478 e. The smallest absolute Gasteiger partial charge is 0.414 e. The molecule has 1 aromatic rings. The van der Waals surface area contributed by atoms with Gasteiger partial charge in [-0.25, -0.2) is 14.6 Å². The van der Waals surface area contributed by atoms with Crippen molar-refractivity contribution in [1.82, 2.24) is 4.98 Å². The zero-order chi connectivity index (χ0) is 13.7. The Labute approximate surface area is 112 Å². The molecule has 0 unspecified atom stereocenters. The van der Waals surface area contributed by atoms with E-state index in [4.69, 9.17) is 9.84 Å². The van der Waals surface area contributed by atoms with Crippen LogP contribution in [0.25, 0.3) is 0 Å². The molecule has 1 heterocycles. The van der Waals surface area contributed by atoms with Gasteiger partial charge in [-0.15, -0.1) is 0 Å². The number of amides is 1. The third-order valence-electron chi connectivity index (χ3n) is 2.04. The lowest BCUT2D eigenvalue weighted by molar-refractivity contribution is 0.0697. The summed E-state index contributed by atoms with van der Waals surface area (Å²) in [4.78, 5) is 27.6. The number of carboxylic acids is 1. The minimum absolute atomic E-state index is 0.0464. The summed E-state index contributed by atoms with van der Waals surface area (Å²) in [6.07, 6.45) is 2.02. The van der Waals surface area contributed by atoms with E-state index in [0.717, 1.165) is 4.90 Å². The van der Waals surface area contributed by atoms with Gasteiger partial charge in [-0.1, -0.05) is 12.7 Å². The highest BCUT2D eigenvalue weighted by Crippen LogP contribution is 2.22. The lowest BCUT2D eigenvalue weighted by Crippen LogP contribution is -2.28. The number of carbonyl (C=O) groups is 2. The molecule has 1 amide bonds. The average Bonchev–Trinajstić information content (AvgIpc) is 2.34. The van der Waals surface area contributed by atoms with Gasteiger partial charge in [0.05, 0.1) is 17.4 Å². The molecule has 0 saturated carbocycles. The van der Waals surface area contributed by atoms with Crippen molar-refractivity contribution in [3.63, 3.8) is 0 Å². The van der Waals surface area contributed by atoms with Crippen molar-refractivity contribution >= 4 is 33.7 Å². The van der Waals surface area contributed by atoms with Crippen molar-refractivity contribution in [3.8, 4) is 0 Å². The van der Waals surface area contributed by atoms with Gasteiger partial charge < -0.3 is 9.84 Å². The highest BCUT2D eigenvalue weighted by molar-refractivity contribution is 9.10. The highest BCUT2D eigenvalue weighted by Gasteiger charge is 2.20. The first-order valence-electron chi connectivity index (χ1n) is 4.87.